The minimum atomic E-state index is -0.220. The summed E-state index contributed by atoms with van der Waals surface area (Å²) in [6, 6.07) is 2.11. The smallest absolute Gasteiger partial charge is 0.252 e. The molecule has 2 atom stereocenters. The minimum Gasteiger partial charge on any atom is -0.368 e. The molecule has 1 aromatic rings. The van der Waals surface area contributed by atoms with Gasteiger partial charge in [0.15, 0.2) is 0 Å². The number of aromatic amines is 1. The van der Waals surface area contributed by atoms with Gasteiger partial charge in [0, 0.05) is 19.3 Å². The van der Waals surface area contributed by atoms with Crippen LogP contribution in [0.1, 0.15) is 43.8 Å². The third-order valence-electron chi connectivity index (χ3n) is 3.87. The number of rotatable bonds is 2. The number of hydrogen-bond acceptors (Lipinski definition) is 3. The number of H-pyrrole nitrogens is 1. The number of carbonyl (C=O) groups is 1. The van der Waals surface area contributed by atoms with E-state index in [4.69, 9.17) is 4.74 Å². The molecule has 0 unspecified atom stereocenters. The topological polar surface area (TPSA) is 58.2 Å². The van der Waals surface area contributed by atoms with Crippen molar-refractivity contribution >= 4 is 5.91 Å². The molecule has 5 heteroatoms. The predicted octanol–water partition coefficient (Wildman–Crippen LogP) is 1.64. The molecule has 2 aliphatic heterocycles. The number of nitrogens with zero attached hydrogens (tertiary/aromatic N) is 2. The van der Waals surface area contributed by atoms with Gasteiger partial charge in [0.05, 0.1) is 11.7 Å². The maximum absolute atomic E-state index is 12.5. The van der Waals surface area contributed by atoms with Crippen LogP contribution in [0.15, 0.2) is 12.3 Å². The average Bonchev–Trinajstić information content (AvgIpc) is 3.09. The Bertz CT molecular complexity index is 398. The van der Waals surface area contributed by atoms with Crippen molar-refractivity contribution in [1.29, 1.82) is 0 Å². The molecule has 5 nitrogen and oxygen atoms in total. The Kier molecular flexibility index (Phi) is 3.32. The lowest BCUT2D eigenvalue weighted by Crippen LogP contribution is -2.41. The van der Waals surface area contributed by atoms with E-state index in [0.29, 0.717) is 0 Å². The van der Waals surface area contributed by atoms with E-state index in [0.717, 1.165) is 50.9 Å². The normalized spacial score (nSPS) is 28.6. The van der Waals surface area contributed by atoms with E-state index in [2.05, 4.69) is 10.2 Å². The number of carbonyl (C=O) groups excluding carboxylic acids is 1. The molecule has 0 bridgehead atoms. The van der Waals surface area contributed by atoms with Crippen LogP contribution in [0, 0.1) is 0 Å². The minimum absolute atomic E-state index is 0.158. The number of amides is 1. The molecule has 3 heterocycles. The van der Waals surface area contributed by atoms with E-state index in [1.807, 2.05) is 11.0 Å². The van der Waals surface area contributed by atoms with E-state index >= 15 is 0 Å². The van der Waals surface area contributed by atoms with Gasteiger partial charge in [-0.25, -0.2) is 0 Å². The Morgan fingerprint density at radius 2 is 2.33 bits per heavy atom. The quantitative estimate of drug-likeness (QED) is 0.867. The summed E-state index contributed by atoms with van der Waals surface area (Å²) in [4.78, 5) is 14.4. The van der Waals surface area contributed by atoms with Crippen molar-refractivity contribution in [3.05, 3.63) is 18.0 Å². The third kappa shape index (κ3) is 2.14. The third-order valence-corrected chi connectivity index (χ3v) is 3.87. The van der Waals surface area contributed by atoms with Crippen LogP contribution in [0.25, 0.3) is 0 Å². The lowest BCUT2D eigenvalue weighted by Gasteiger charge is -2.30. The SMILES string of the molecule is O=C([C@@H]1CCCCO1)N1CCC[C@H]1c1ccn[nH]1. The largest absolute Gasteiger partial charge is 0.368 e. The van der Waals surface area contributed by atoms with Gasteiger partial charge in [-0.3, -0.25) is 9.89 Å². The highest BCUT2D eigenvalue weighted by atomic mass is 16.5. The number of ether oxygens (including phenoxy) is 1. The van der Waals surface area contributed by atoms with Crippen LogP contribution in [0.5, 0.6) is 0 Å². The summed E-state index contributed by atoms with van der Waals surface area (Å²) < 4.78 is 5.60. The van der Waals surface area contributed by atoms with E-state index < -0.39 is 0 Å². The molecule has 18 heavy (non-hydrogen) atoms. The molecular formula is C13H19N3O2. The molecule has 0 spiro atoms. The van der Waals surface area contributed by atoms with Crippen LogP contribution in [0.4, 0.5) is 0 Å². The van der Waals surface area contributed by atoms with Crippen LogP contribution < -0.4 is 0 Å². The molecule has 98 valence electrons. The zero-order chi connectivity index (χ0) is 12.4. The van der Waals surface area contributed by atoms with Crippen molar-refractivity contribution < 1.29 is 9.53 Å². The molecule has 0 radical (unpaired) electrons. The highest BCUT2D eigenvalue weighted by Crippen LogP contribution is 2.32. The standard InChI is InChI=1S/C13H19N3O2/c17-13(12-5-1-2-9-18-12)16-8-3-4-11(16)10-6-7-14-15-10/h6-7,11-12H,1-5,8-9H2,(H,14,15)/t11-,12-/m0/s1. The second-order valence-corrected chi connectivity index (χ2v) is 5.06. The van der Waals surface area contributed by atoms with E-state index in [-0.39, 0.29) is 18.1 Å². The molecular weight excluding hydrogens is 230 g/mol. The fraction of sp³-hybridized carbons (Fsp3) is 0.692. The first kappa shape index (κ1) is 11.7. The summed E-state index contributed by atoms with van der Waals surface area (Å²) in [6.07, 6.45) is 6.64. The highest BCUT2D eigenvalue weighted by Gasteiger charge is 2.35. The summed E-state index contributed by atoms with van der Waals surface area (Å²) in [5, 5.41) is 6.96. The first-order valence-electron chi connectivity index (χ1n) is 6.77. The number of hydrogen-bond donors (Lipinski definition) is 1. The molecule has 0 saturated carbocycles. The van der Waals surface area contributed by atoms with Gasteiger partial charge in [-0.15, -0.1) is 0 Å². The average molecular weight is 249 g/mol. The summed E-state index contributed by atoms with van der Waals surface area (Å²) in [7, 11) is 0. The fourth-order valence-electron chi connectivity index (χ4n) is 2.93. The summed E-state index contributed by atoms with van der Waals surface area (Å²) in [5.74, 6) is 0.159. The van der Waals surface area contributed by atoms with Crippen molar-refractivity contribution in [2.75, 3.05) is 13.2 Å². The van der Waals surface area contributed by atoms with Gasteiger partial charge in [-0.05, 0) is 38.2 Å². The van der Waals surface area contributed by atoms with Gasteiger partial charge in [0.25, 0.3) is 5.91 Å². The van der Waals surface area contributed by atoms with Crippen molar-refractivity contribution in [2.45, 2.75) is 44.2 Å². The van der Waals surface area contributed by atoms with Crippen LogP contribution in [-0.2, 0) is 9.53 Å². The Hall–Kier alpha value is -1.36. The molecule has 0 aromatic carbocycles. The van der Waals surface area contributed by atoms with Gasteiger partial charge in [0.2, 0.25) is 0 Å². The lowest BCUT2D eigenvalue weighted by atomic mass is 10.1. The Labute approximate surface area is 107 Å². The second kappa shape index (κ2) is 5.10. The van der Waals surface area contributed by atoms with Gasteiger partial charge < -0.3 is 9.64 Å². The molecule has 3 rings (SSSR count). The highest BCUT2D eigenvalue weighted by molar-refractivity contribution is 5.81. The molecule has 1 aromatic heterocycles. The molecule has 1 N–H and O–H groups in total. The zero-order valence-electron chi connectivity index (χ0n) is 10.5. The molecule has 0 aliphatic carbocycles. The number of aromatic nitrogens is 2. The zero-order valence-corrected chi connectivity index (χ0v) is 10.5. The Morgan fingerprint density at radius 1 is 1.39 bits per heavy atom. The van der Waals surface area contributed by atoms with Gasteiger partial charge in [0.1, 0.15) is 6.10 Å². The first-order valence-corrected chi connectivity index (χ1v) is 6.77. The van der Waals surface area contributed by atoms with Crippen molar-refractivity contribution in [1.82, 2.24) is 15.1 Å². The number of likely N-dealkylation sites (tertiary alicyclic amines) is 1. The van der Waals surface area contributed by atoms with E-state index in [1.54, 1.807) is 6.20 Å². The van der Waals surface area contributed by atoms with Crippen LogP contribution >= 0.6 is 0 Å². The van der Waals surface area contributed by atoms with Crippen LogP contribution in [-0.4, -0.2) is 40.3 Å². The van der Waals surface area contributed by atoms with Gasteiger partial charge in [-0.2, -0.15) is 5.10 Å². The second-order valence-electron chi connectivity index (χ2n) is 5.06. The Morgan fingerprint density at radius 3 is 3.06 bits per heavy atom. The number of nitrogens with one attached hydrogen (secondary N) is 1. The first-order chi connectivity index (χ1) is 8.86. The van der Waals surface area contributed by atoms with Gasteiger partial charge in [-0.1, -0.05) is 0 Å². The van der Waals surface area contributed by atoms with E-state index in [9.17, 15) is 4.79 Å². The summed E-state index contributed by atoms with van der Waals surface area (Å²) >= 11 is 0. The maximum atomic E-state index is 12.5. The van der Waals surface area contributed by atoms with Crippen molar-refractivity contribution in [3.8, 4) is 0 Å². The summed E-state index contributed by atoms with van der Waals surface area (Å²) in [5.41, 5.74) is 1.04. The van der Waals surface area contributed by atoms with Crippen molar-refractivity contribution in [3.63, 3.8) is 0 Å². The lowest BCUT2D eigenvalue weighted by molar-refractivity contribution is -0.147. The fourth-order valence-corrected chi connectivity index (χ4v) is 2.93. The molecule has 2 saturated heterocycles. The molecule has 1 amide bonds. The van der Waals surface area contributed by atoms with Gasteiger partial charge >= 0.3 is 0 Å². The summed E-state index contributed by atoms with van der Waals surface area (Å²) in [6.45, 7) is 1.56. The van der Waals surface area contributed by atoms with Crippen LogP contribution in [0.2, 0.25) is 0 Å². The monoisotopic (exact) mass is 249 g/mol. The van der Waals surface area contributed by atoms with Crippen LogP contribution in [0.3, 0.4) is 0 Å². The van der Waals surface area contributed by atoms with E-state index in [1.165, 1.54) is 0 Å². The maximum Gasteiger partial charge on any atom is 0.252 e. The predicted molar refractivity (Wildman–Crippen MR) is 65.9 cm³/mol. The Balaban J connectivity index is 1.72. The molecule has 2 aliphatic rings. The molecule has 2 fully saturated rings. The van der Waals surface area contributed by atoms with Crippen molar-refractivity contribution in [2.24, 2.45) is 0 Å².